The lowest BCUT2D eigenvalue weighted by Crippen LogP contribution is -2.02. The van der Waals surface area contributed by atoms with E-state index in [2.05, 4.69) is 9.69 Å². The second kappa shape index (κ2) is 5.10. The molecule has 1 N–H and O–H groups in total. The Morgan fingerprint density at radius 2 is 2.06 bits per heavy atom. The minimum atomic E-state index is 0.0619. The molecule has 0 atom stereocenters. The molecule has 1 heterocycles. The molecule has 2 aromatic rings. The van der Waals surface area contributed by atoms with Crippen LogP contribution in [-0.2, 0) is 6.54 Å². The lowest BCUT2D eigenvalue weighted by Gasteiger charge is -2.05. The van der Waals surface area contributed by atoms with Gasteiger partial charge in [-0.2, -0.15) is 4.37 Å². The first-order chi connectivity index (χ1) is 8.18. The third kappa shape index (κ3) is 2.71. The van der Waals surface area contributed by atoms with Gasteiger partial charge in [-0.15, -0.1) is 0 Å². The molecule has 2 rings (SSSR count). The number of hydrogen-bond donors (Lipinski definition) is 1. The molecule has 0 aliphatic rings. The standard InChI is InChI=1S/C13H14N2OS/c1-9-12(10(2)16)13(17-15-9)14-8-11-6-4-3-5-7-11/h3-7,14H,8H2,1-2H3. The van der Waals surface area contributed by atoms with E-state index in [0.717, 1.165) is 10.7 Å². The highest BCUT2D eigenvalue weighted by atomic mass is 32.1. The molecule has 1 aromatic carbocycles. The van der Waals surface area contributed by atoms with Crippen LogP contribution in [0.3, 0.4) is 0 Å². The van der Waals surface area contributed by atoms with Crippen molar-refractivity contribution in [2.45, 2.75) is 20.4 Å². The van der Waals surface area contributed by atoms with Crippen LogP contribution < -0.4 is 5.32 Å². The smallest absolute Gasteiger partial charge is 0.164 e. The summed E-state index contributed by atoms with van der Waals surface area (Å²) in [5, 5.41) is 4.13. The first-order valence-electron chi connectivity index (χ1n) is 5.43. The minimum Gasteiger partial charge on any atom is -0.371 e. The largest absolute Gasteiger partial charge is 0.371 e. The molecule has 0 radical (unpaired) electrons. The molecule has 0 fully saturated rings. The number of rotatable bonds is 4. The van der Waals surface area contributed by atoms with Crippen LogP contribution >= 0.6 is 11.5 Å². The molecule has 0 bridgehead atoms. The zero-order chi connectivity index (χ0) is 12.3. The summed E-state index contributed by atoms with van der Waals surface area (Å²) in [6.07, 6.45) is 0. The van der Waals surface area contributed by atoms with Crippen molar-refractivity contribution in [3.05, 3.63) is 47.2 Å². The average molecular weight is 246 g/mol. The van der Waals surface area contributed by atoms with E-state index in [0.29, 0.717) is 12.1 Å². The summed E-state index contributed by atoms with van der Waals surface area (Å²) in [7, 11) is 0. The molecule has 0 spiro atoms. The Labute approximate surface area is 105 Å². The molecule has 4 heteroatoms. The fourth-order valence-corrected chi connectivity index (χ4v) is 2.52. The number of anilines is 1. The molecule has 17 heavy (non-hydrogen) atoms. The first kappa shape index (κ1) is 11.8. The predicted octanol–water partition coefficient (Wildman–Crippen LogP) is 3.27. The Morgan fingerprint density at radius 3 is 2.71 bits per heavy atom. The van der Waals surface area contributed by atoms with E-state index in [1.54, 1.807) is 6.92 Å². The molecule has 0 saturated carbocycles. The van der Waals surface area contributed by atoms with Gasteiger partial charge in [-0.25, -0.2) is 0 Å². The Hall–Kier alpha value is -1.68. The zero-order valence-corrected chi connectivity index (χ0v) is 10.7. The van der Waals surface area contributed by atoms with Crippen molar-refractivity contribution in [1.82, 2.24) is 4.37 Å². The maximum absolute atomic E-state index is 11.5. The zero-order valence-electron chi connectivity index (χ0n) is 9.86. The second-order valence-corrected chi connectivity index (χ2v) is 4.64. The summed E-state index contributed by atoms with van der Waals surface area (Å²) in [6, 6.07) is 10.1. The summed E-state index contributed by atoms with van der Waals surface area (Å²) >= 11 is 1.34. The molecule has 0 aliphatic carbocycles. The van der Waals surface area contributed by atoms with Gasteiger partial charge in [0.2, 0.25) is 0 Å². The molecule has 88 valence electrons. The summed E-state index contributed by atoms with van der Waals surface area (Å²) < 4.78 is 4.21. The quantitative estimate of drug-likeness (QED) is 0.842. The molecule has 1 aromatic heterocycles. The Bertz CT molecular complexity index is 519. The van der Waals surface area contributed by atoms with Gasteiger partial charge in [-0.1, -0.05) is 30.3 Å². The van der Waals surface area contributed by atoms with Gasteiger partial charge in [-0.3, -0.25) is 4.79 Å². The van der Waals surface area contributed by atoms with Gasteiger partial charge in [0.15, 0.2) is 5.78 Å². The number of Topliss-reactive ketones (excluding diaryl/α,β-unsaturated/α-hetero) is 1. The Balaban J connectivity index is 2.12. The van der Waals surface area contributed by atoms with Crippen LogP contribution in [0.5, 0.6) is 0 Å². The van der Waals surface area contributed by atoms with Gasteiger partial charge >= 0.3 is 0 Å². The third-order valence-electron chi connectivity index (χ3n) is 2.51. The average Bonchev–Trinajstić information content (AvgIpc) is 2.69. The number of nitrogens with one attached hydrogen (secondary N) is 1. The van der Waals surface area contributed by atoms with Crippen molar-refractivity contribution in [3.8, 4) is 0 Å². The number of carbonyl (C=O) groups excluding carboxylic acids is 1. The van der Waals surface area contributed by atoms with Crippen LogP contribution in [0.15, 0.2) is 30.3 Å². The van der Waals surface area contributed by atoms with E-state index in [1.807, 2.05) is 37.3 Å². The van der Waals surface area contributed by atoms with Crippen LogP contribution in [-0.4, -0.2) is 10.2 Å². The van der Waals surface area contributed by atoms with Crippen molar-refractivity contribution in [3.63, 3.8) is 0 Å². The highest BCUT2D eigenvalue weighted by Crippen LogP contribution is 2.25. The van der Waals surface area contributed by atoms with Gasteiger partial charge in [0.1, 0.15) is 5.00 Å². The predicted molar refractivity (Wildman–Crippen MR) is 70.6 cm³/mol. The van der Waals surface area contributed by atoms with E-state index in [4.69, 9.17) is 0 Å². The highest BCUT2D eigenvalue weighted by Gasteiger charge is 2.14. The van der Waals surface area contributed by atoms with E-state index < -0.39 is 0 Å². The number of ketones is 1. The third-order valence-corrected chi connectivity index (χ3v) is 3.41. The fraction of sp³-hybridized carbons (Fsp3) is 0.231. The van der Waals surface area contributed by atoms with Gasteiger partial charge in [0, 0.05) is 6.54 Å². The number of nitrogens with zero attached hydrogens (tertiary/aromatic N) is 1. The van der Waals surface area contributed by atoms with E-state index in [1.165, 1.54) is 17.1 Å². The van der Waals surface area contributed by atoms with Crippen molar-refractivity contribution in [2.75, 3.05) is 5.32 Å². The van der Waals surface area contributed by atoms with Gasteiger partial charge in [0.05, 0.1) is 11.3 Å². The number of benzene rings is 1. The number of aryl methyl sites for hydroxylation is 1. The second-order valence-electron chi connectivity index (χ2n) is 3.87. The number of aromatic nitrogens is 1. The van der Waals surface area contributed by atoms with Gasteiger partial charge in [0.25, 0.3) is 0 Å². The lowest BCUT2D eigenvalue weighted by atomic mass is 10.2. The molecule has 0 saturated heterocycles. The lowest BCUT2D eigenvalue weighted by molar-refractivity contribution is 0.101. The van der Waals surface area contributed by atoms with Crippen molar-refractivity contribution in [1.29, 1.82) is 0 Å². The summed E-state index contributed by atoms with van der Waals surface area (Å²) in [4.78, 5) is 11.5. The Morgan fingerprint density at radius 1 is 1.35 bits per heavy atom. The summed E-state index contributed by atoms with van der Waals surface area (Å²) in [6.45, 7) is 4.15. The number of hydrogen-bond acceptors (Lipinski definition) is 4. The van der Waals surface area contributed by atoms with Crippen LogP contribution in [0.25, 0.3) is 0 Å². The Kier molecular flexibility index (Phi) is 3.54. The summed E-state index contributed by atoms with van der Waals surface area (Å²) in [5.41, 5.74) is 2.71. The van der Waals surface area contributed by atoms with Gasteiger partial charge in [-0.05, 0) is 30.9 Å². The van der Waals surface area contributed by atoms with Gasteiger partial charge < -0.3 is 5.32 Å². The van der Waals surface area contributed by atoms with Crippen molar-refractivity contribution < 1.29 is 4.79 Å². The normalized spacial score (nSPS) is 10.2. The fourth-order valence-electron chi connectivity index (χ4n) is 1.68. The first-order valence-corrected chi connectivity index (χ1v) is 6.21. The van der Waals surface area contributed by atoms with Crippen molar-refractivity contribution in [2.24, 2.45) is 0 Å². The van der Waals surface area contributed by atoms with E-state index in [-0.39, 0.29) is 5.78 Å². The molecule has 0 aliphatic heterocycles. The summed E-state index contributed by atoms with van der Waals surface area (Å²) in [5.74, 6) is 0.0619. The highest BCUT2D eigenvalue weighted by molar-refractivity contribution is 7.10. The topological polar surface area (TPSA) is 42.0 Å². The van der Waals surface area contributed by atoms with E-state index >= 15 is 0 Å². The minimum absolute atomic E-state index is 0.0619. The molecule has 0 unspecified atom stereocenters. The number of carbonyl (C=O) groups is 1. The van der Waals surface area contributed by atoms with Crippen LogP contribution in [0.1, 0.15) is 28.5 Å². The molecule has 3 nitrogen and oxygen atoms in total. The van der Waals surface area contributed by atoms with Crippen LogP contribution in [0.2, 0.25) is 0 Å². The van der Waals surface area contributed by atoms with Crippen molar-refractivity contribution >= 4 is 22.3 Å². The molecular formula is C13H14N2OS. The maximum atomic E-state index is 11.5. The van der Waals surface area contributed by atoms with Crippen LogP contribution in [0.4, 0.5) is 5.00 Å². The van der Waals surface area contributed by atoms with E-state index in [9.17, 15) is 4.79 Å². The monoisotopic (exact) mass is 246 g/mol. The molecule has 0 amide bonds. The maximum Gasteiger partial charge on any atom is 0.164 e. The van der Waals surface area contributed by atoms with Crippen LogP contribution in [0, 0.1) is 6.92 Å². The molecular weight excluding hydrogens is 232 g/mol. The SMILES string of the molecule is CC(=O)c1c(C)nsc1NCc1ccccc1.